The average molecular weight is 286 g/mol. The largest absolute Gasteiger partial charge is 0.353 e. The number of nitrogens with two attached hydrogens (primary N) is 1. The van der Waals surface area contributed by atoms with Crippen molar-refractivity contribution in [3.8, 4) is 0 Å². The number of hydrogen-bond acceptors (Lipinski definition) is 6. The zero-order valence-electron chi connectivity index (χ0n) is 12.8. The summed E-state index contributed by atoms with van der Waals surface area (Å²) in [6.45, 7) is 4.81. The standard InChI is InChI=1S/C15H22N6/c1-4-6-13-14(20-16)17-10-18-15(13)21(3)9-12-8-5-7-11(2)19-12/h5,7-8,10H,4,6,9,16H2,1-3H3,(H,17,18,20). The maximum atomic E-state index is 5.55. The summed E-state index contributed by atoms with van der Waals surface area (Å²) in [5.41, 5.74) is 5.72. The van der Waals surface area contributed by atoms with E-state index in [9.17, 15) is 0 Å². The van der Waals surface area contributed by atoms with Gasteiger partial charge in [-0.1, -0.05) is 19.4 Å². The number of aromatic nitrogens is 3. The Bertz CT molecular complexity index is 598. The van der Waals surface area contributed by atoms with Crippen LogP contribution in [0.4, 0.5) is 11.6 Å². The van der Waals surface area contributed by atoms with Gasteiger partial charge in [0, 0.05) is 18.3 Å². The highest BCUT2D eigenvalue weighted by Gasteiger charge is 2.14. The molecule has 0 atom stereocenters. The smallest absolute Gasteiger partial charge is 0.148 e. The number of hydrogen-bond donors (Lipinski definition) is 2. The molecule has 2 heterocycles. The minimum absolute atomic E-state index is 0.686. The van der Waals surface area contributed by atoms with Gasteiger partial charge in [-0.15, -0.1) is 0 Å². The molecule has 0 spiro atoms. The van der Waals surface area contributed by atoms with Gasteiger partial charge in [-0.05, 0) is 25.5 Å². The SMILES string of the molecule is CCCc1c(NN)ncnc1N(C)Cc1cccc(C)n1. The predicted molar refractivity (Wildman–Crippen MR) is 84.9 cm³/mol. The molecule has 0 bridgehead atoms. The summed E-state index contributed by atoms with van der Waals surface area (Å²) in [6, 6.07) is 6.03. The number of nitrogens with one attached hydrogen (secondary N) is 1. The second-order valence-electron chi connectivity index (χ2n) is 5.05. The van der Waals surface area contributed by atoms with Crippen LogP contribution in [0.2, 0.25) is 0 Å². The van der Waals surface area contributed by atoms with Crippen LogP contribution in [0.1, 0.15) is 30.3 Å². The lowest BCUT2D eigenvalue weighted by atomic mass is 10.1. The van der Waals surface area contributed by atoms with Gasteiger partial charge in [0.2, 0.25) is 0 Å². The summed E-state index contributed by atoms with van der Waals surface area (Å²) in [4.78, 5) is 15.2. The molecule has 0 aliphatic carbocycles. The molecule has 21 heavy (non-hydrogen) atoms. The van der Waals surface area contributed by atoms with Gasteiger partial charge < -0.3 is 10.3 Å². The van der Waals surface area contributed by atoms with Crippen LogP contribution in [0.5, 0.6) is 0 Å². The molecule has 0 unspecified atom stereocenters. The number of nitrogens with zero attached hydrogens (tertiary/aromatic N) is 4. The highest BCUT2D eigenvalue weighted by Crippen LogP contribution is 2.24. The lowest BCUT2D eigenvalue weighted by Gasteiger charge is -2.22. The van der Waals surface area contributed by atoms with Crippen molar-refractivity contribution in [3.05, 3.63) is 41.5 Å². The van der Waals surface area contributed by atoms with E-state index in [1.54, 1.807) is 0 Å². The fourth-order valence-electron chi connectivity index (χ4n) is 2.34. The number of nitrogen functional groups attached to an aromatic ring is 1. The summed E-state index contributed by atoms with van der Waals surface area (Å²) in [7, 11) is 2.01. The minimum atomic E-state index is 0.686. The maximum absolute atomic E-state index is 5.55. The van der Waals surface area contributed by atoms with Crippen LogP contribution in [0.15, 0.2) is 24.5 Å². The van der Waals surface area contributed by atoms with E-state index in [4.69, 9.17) is 5.84 Å². The van der Waals surface area contributed by atoms with Crippen molar-refractivity contribution >= 4 is 11.6 Å². The molecule has 112 valence electrons. The highest BCUT2D eigenvalue weighted by atomic mass is 15.3. The molecule has 0 aliphatic rings. The van der Waals surface area contributed by atoms with Crippen molar-refractivity contribution in [2.24, 2.45) is 5.84 Å². The fraction of sp³-hybridized carbons (Fsp3) is 0.400. The molecule has 0 saturated heterocycles. The molecule has 0 radical (unpaired) electrons. The van der Waals surface area contributed by atoms with Crippen LogP contribution in [0, 0.1) is 6.92 Å². The summed E-state index contributed by atoms with van der Waals surface area (Å²) in [6.07, 6.45) is 3.41. The Kier molecular flexibility index (Phi) is 5.05. The summed E-state index contributed by atoms with van der Waals surface area (Å²) >= 11 is 0. The second-order valence-corrected chi connectivity index (χ2v) is 5.05. The van der Waals surface area contributed by atoms with Crippen LogP contribution in [0.25, 0.3) is 0 Å². The topological polar surface area (TPSA) is 80.0 Å². The van der Waals surface area contributed by atoms with E-state index in [0.717, 1.165) is 35.6 Å². The van der Waals surface area contributed by atoms with Gasteiger partial charge in [-0.25, -0.2) is 15.8 Å². The number of aryl methyl sites for hydroxylation is 1. The third-order valence-electron chi connectivity index (χ3n) is 3.27. The zero-order valence-corrected chi connectivity index (χ0v) is 12.8. The van der Waals surface area contributed by atoms with Gasteiger partial charge in [0.15, 0.2) is 0 Å². The van der Waals surface area contributed by atoms with Crippen LogP contribution < -0.4 is 16.2 Å². The molecular weight excluding hydrogens is 264 g/mol. The number of anilines is 2. The van der Waals surface area contributed by atoms with Crippen molar-refractivity contribution in [1.29, 1.82) is 0 Å². The fourth-order valence-corrected chi connectivity index (χ4v) is 2.34. The Morgan fingerprint density at radius 3 is 2.76 bits per heavy atom. The molecule has 2 aromatic rings. The van der Waals surface area contributed by atoms with E-state index in [2.05, 4.69) is 32.2 Å². The Hall–Kier alpha value is -2.21. The third kappa shape index (κ3) is 3.66. The Labute approximate surface area is 125 Å². The van der Waals surface area contributed by atoms with Crippen molar-refractivity contribution in [3.63, 3.8) is 0 Å². The summed E-state index contributed by atoms with van der Waals surface area (Å²) in [5.74, 6) is 7.13. The first-order chi connectivity index (χ1) is 10.2. The van der Waals surface area contributed by atoms with E-state index in [-0.39, 0.29) is 0 Å². The third-order valence-corrected chi connectivity index (χ3v) is 3.27. The first-order valence-electron chi connectivity index (χ1n) is 7.09. The van der Waals surface area contributed by atoms with Crippen molar-refractivity contribution in [1.82, 2.24) is 15.0 Å². The number of hydrazine groups is 1. The van der Waals surface area contributed by atoms with Crippen LogP contribution >= 0.6 is 0 Å². The van der Waals surface area contributed by atoms with Crippen LogP contribution in [0.3, 0.4) is 0 Å². The molecule has 0 amide bonds. The van der Waals surface area contributed by atoms with E-state index in [1.807, 2.05) is 32.2 Å². The van der Waals surface area contributed by atoms with Crippen molar-refractivity contribution in [2.45, 2.75) is 33.2 Å². The van der Waals surface area contributed by atoms with Crippen LogP contribution in [-0.4, -0.2) is 22.0 Å². The number of rotatable bonds is 6. The van der Waals surface area contributed by atoms with Gasteiger partial charge in [0.05, 0.1) is 12.2 Å². The lowest BCUT2D eigenvalue weighted by Crippen LogP contribution is -2.22. The van der Waals surface area contributed by atoms with Crippen molar-refractivity contribution in [2.75, 3.05) is 17.4 Å². The maximum Gasteiger partial charge on any atom is 0.148 e. The second kappa shape index (κ2) is 6.99. The average Bonchev–Trinajstić information content (AvgIpc) is 2.47. The molecular formula is C15H22N6. The first kappa shape index (κ1) is 15.2. The molecule has 0 aliphatic heterocycles. The Morgan fingerprint density at radius 1 is 1.29 bits per heavy atom. The highest BCUT2D eigenvalue weighted by molar-refractivity contribution is 5.58. The van der Waals surface area contributed by atoms with Gasteiger partial charge >= 0.3 is 0 Å². The van der Waals surface area contributed by atoms with Gasteiger partial charge in [-0.2, -0.15) is 0 Å². The summed E-state index contributed by atoms with van der Waals surface area (Å²) < 4.78 is 0. The molecule has 2 rings (SSSR count). The quantitative estimate of drug-likeness (QED) is 0.625. The predicted octanol–water partition coefficient (Wildman–Crippen LogP) is 2.05. The molecule has 6 nitrogen and oxygen atoms in total. The molecule has 0 aromatic carbocycles. The normalized spacial score (nSPS) is 10.5. The summed E-state index contributed by atoms with van der Waals surface area (Å²) in [5, 5.41) is 0. The Balaban J connectivity index is 2.28. The molecule has 2 aromatic heterocycles. The molecule has 6 heteroatoms. The molecule has 0 saturated carbocycles. The Morgan fingerprint density at radius 2 is 2.10 bits per heavy atom. The minimum Gasteiger partial charge on any atom is -0.353 e. The van der Waals surface area contributed by atoms with Gasteiger partial charge in [-0.3, -0.25) is 4.98 Å². The van der Waals surface area contributed by atoms with E-state index >= 15 is 0 Å². The van der Waals surface area contributed by atoms with Gasteiger partial charge in [0.25, 0.3) is 0 Å². The van der Waals surface area contributed by atoms with Crippen LogP contribution in [-0.2, 0) is 13.0 Å². The first-order valence-corrected chi connectivity index (χ1v) is 7.09. The monoisotopic (exact) mass is 286 g/mol. The lowest BCUT2D eigenvalue weighted by molar-refractivity contribution is 0.824. The molecule has 0 fully saturated rings. The van der Waals surface area contributed by atoms with E-state index in [0.29, 0.717) is 12.4 Å². The van der Waals surface area contributed by atoms with E-state index < -0.39 is 0 Å². The van der Waals surface area contributed by atoms with Gasteiger partial charge in [0.1, 0.15) is 18.0 Å². The van der Waals surface area contributed by atoms with E-state index in [1.165, 1.54) is 6.33 Å². The number of pyridine rings is 1. The molecule has 3 N–H and O–H groups in total. The zero-order chi connectivity index (χ0) is 15.2. The van der Waals surface area contributed by atoms with Crippen molar-refractivity contribution < 1.29 is 0 Å².